The summed E-state index contributed by atoms with van der Waals surface area (Å²) in [6, 6.07) is 11.4. The molecule has 1 unspecified atom stereocenters. The number of carbonyl (C=O) groups is 1. The molecule has 3 rings (SSSR count). The summed E-state index contributed by atoms with van der Waals surface area (Å²) in [6.45, 7) is 0.634. The maximum Gasteiger partial charge on any atom is 0.341 e. The van der Waals surface area contributed by atoms with Crippen LogP contribution in [0.2, 0.25) is 0 Å². The highest BCUT2D eigenvalue weighted by atomic mass is 16.5. The monoisotopic (exact) mass is 284 g/mol. The fourth-order valence-corrected chi connectivity index (χ4v) is 2.45. The molecule has 5 heteroatoms. The van der Waals surface area contributed by atoms with Crippen LogP contribution in [-0.2, 0) is 4.74 Å². The van der Waals surface area contributed by atoms with Crippen molar-refractivity contribution in [2.75, 3.05) is 19.0 Å². The van der Waals surface area contributed by atoms with E-state index in [1.54, 1.807) is 18.3 Å². The van der Waals surface area contributed by atoms with Gasteiger partial charge < -0.3 is 14.8 Å². The van der Waals surface area contributed by atoms with E-state index in [9.17, 15) is 4.79 Å². The van der Waals surface area contributed by atoms with Crippen LogP contribution in [0, 0.1) is 0 Å². The first-order valence-electron chi connectivity index (χ1n) is 6.81. The van der Waals surface area contributed by atoms with Gasteiger partial charge in [0.25, 0.3) is 0 Å². The van der Waals surface area contributed by atoms with Gasteiger partial charge in [0.2, 0.25) is 0 Å². The fourth-order valence-electron chi connectivity index (χ4n) is 2.45. The molecule has 2 heterocycles. The van der Waals surface area contributed by atoms with Crippen molar-refractivity contribution in [3.05, 3.63) is 53.7 Å². The van der Waals surface area contributed by atoms with E-state index >= 15 is 0 Å². The molecular formula is C16H16N2O3. The van der Waals surface area contributed by atoms with Gasteiger partial charge in [-0.2, -0.15) is 0 Å². The minimum absolute atomic E-state index is 0.0632. The molecule has 1 atom stereocenters. The lowest BCUT2D eigenvalue weighted by Crippen LogP contribution is -2.22. The van der Waals surface area contributed by atoms with Crippen molar-refractivity contribution in [1.82, 2.24) is 4.98 Å². The van der Waals surface area contributed by atoms with Gasteiger partial charge in [-0.05, 0) is 18.2 Å². The zero-order valence-corrected chi connectivity index (χ0v) is 11.7. The van der Waals surface area contributed by atoms with Crippen LogP contribution in [0.25, 0.3) is 0 Å². The number of nitrogens with zero attached hydrogens (tertiary/aromatic N) is 1. The number of methoxy groups -OCH3 is 1. The van der Waals surface area contributed by atoms with Crippen LogP contribution in [0.5, 0.6) is 5.75 Å². The summed E-state index contributed by atoms with van der Waals surface area (Å²) in [5.74, 6) is 1.01. The smallest absolute Gasteiger partial charge is 0.341 e. The first-order valence-corrected chi connectivity index (χ1v) is 6.81. The van der Waals surface area contributed by atoms with E-state index in [1.807, 2.05) is 24.3 Å². The number of anilines is 1. The van der Waals surface area contributed by atoms with Crippen LogP contribution in [-0.4, -0.2) is 24.7 Å². The molecule has 1 aliphatic rings. The number of benzene rings is 1. The Labute approximate surface area is 122 Å². The van der Waals surface area contributed by atoms with Gasteiger partial charge in [0.1, 0.15) is 17.1 Å². The van der Waals surface area contributed by atoms with Crippen LogP contribution in [0.15, 0.2) is 42.6 Å². The minimum atomic E-state index is -0.397. The number of hydrogen-bond acceptors (Lipinski definition) is 5. The summed E-state index contributed by atoms with van der Waals surface area (Å²) in [5, 5.41) is 3.33. The van der Waals surface area contributed by atoms with Gasteiger partial charge >= 0.3 is 5.97 Å². The molecule has 1 N–H and O–H groups in total. The SMILES string of the molecule is COC(=O)c1cccnc1NC1CCOc2ccccc21. The molecule has 108 valence electrons. The molecular weight excluding hydrogens is 268 g/mol. The summed E-state index contributed by atoms with van der Waals surface area (Å²) in [4.78, 5) is 16.1. The molecule has 0 amide bonds. The third-order valence-corrected chi connectivity index (χ3v) is 3.48. The Balaban J connectivity index is 1.90. The lowest BCUT2D eigenvalue weighted by molar-refractivity contribution is 0.0601. The van der Waals surface area contributed by atoms with Crippen LogP contribution in [0.3, 0.4) is 0 Å². The van der Waals surface area contributed by atoms with Gasteiger partial charge in [-0.3, -0.25) is 0 Å². The number of ether oxygens (including phenoxy) is 2. The van der Waals surface area contributed by atoms with Crippen LogP contribution < -0.4 is 10.1 Å². The summed E-state index contributed by atoms with van der Waals surface area (Å²) < 4.78 is 10.4. The van der Waals surface area contributed by atoms with Crippen molar-refractivity contribution in [3.8, 4) is 5.75 Å². The number of aromatic nitrogens is 1. The molecule has 1 aliphatic heterocycles. The average molecular weight is 284 g/mol. The lowest BCUT2D eigenvalue weighted by Gasteiger charge is -2.27. The second-order valence-corrected chi connectivity index (χ2v) is 4.76. The van der Waals surface area contributed by atoms with Crippen molar-refractivity contribution < 1.29 is 14.3 Å². The van der Waals surface area contributed by atoms with E-state index in [0.29, 0.717) is 18.0 Å². The number of hydrogen-bond donors (Lipinski definition) is 1. The standard InChI is InChI=1S/C16H16N2O3/c1-20-16(19)12-6-4-9-17-15(12)18-13-8-10-21-14-7-3-2-5-11(13)14/h2-7,9,13H,8,10H2,1H3,(H,17,18). The van der Waals surface area contributed by atoms with E-state index in [1.165, 1.54) is 7.11 Å². The topological polar surface area (TPSA) is 60.5 Å². The Morgan fingerprint density at radius 3 is 3.05 bits per heavy atom. The number of pyridine rings is 1. The van der Waals surface area contributed by atoms with Crippen LogP contribution in [0.4, 0.5) is 5.82 Å². The zero-order chi connectivity index (χ0) is 14.7. The first kappa shape index (κ1) is 13.4. The van der Waals surface area contributed by atoms with Gasteiger partial charge in [0.05, 0.1) is 19.8 Å². The Morgan fingerprint density at radius 2 is 2.19 bits per heavy atom. The molecule has 0 spiro atoms. The molecule has 5 nitrogen and oxygen atoms in total. The summed E-state index contributed by atoms with van der Waals surface area (Å²) in [5.41, 5.74) is 1.51. The van der Waals surface area contributed by atoms with Gasteiger partial charge in [0, 0.05) is 18.2 Å². The molecule has 1 aromatic carbocycles. The van der Waals surface area contributed by atoms with Crippen LogP contribution >= 0.6 is 0 Å². The predicted octanol–water partition coefficient (Wildman–Crippen LogP) is 2.80. The fraction of sp³-hybridized carbons (Fsp3) is 0.250. The second kappa shape index (κ2) is 5.83. The van der Waals surface area contributed by atoms with E-state index < -0.39 is 5.97 Å². The molecule has 2 aromatic rings. The summed E-state index contributed by atoms with van der Waals surface area (Å²) >= 11 is 0. The quantitative estimate of drug-likeness (QED) is 0.878. The normalized spacial score (nSPS) is 16.5. The number of fused-ring (bicyclic) bond motifs is 1. The van der Waals surface area contributed by atoms with Gasteiger partial charge in [-0.1, -0.05) is 18.2 Å². The van der Waals surface area contributed by atoms with E-state index in [4.69, 9.17) is 9.47 Å². The Kier molecular flexibility index (Phi) is 3.73. The number of para-hydroxylation sites is 1. The maximum atomic E-state index is 11.8. The third kappa shape index (κ3) is 2.67. The first-order chi connectivity index (χ1) is 10.3. The number of rotatable bonds is 3. The third-order valence-electron chi connectivity index (χ3n) is 3.48. The van der Waals surface area contributed by atoms with Crippen molar-refractivity contribution >= 4 is 11.8 Å². The Hall–Kier alpha value is -2.56. The molecule has 21 heavy (non-hydrogen) atoms. The maximum absolute atomic E-state index is 11.8. The Morgan fingerprint density at radius 1 is 1.33 bits per heavy atom. The van der Waals surface area contributed by atoms with Crippen LogP contribution in [0.1, 0.15) is 28.4 Å². The number of esters is 1. The summed E-state index contributed by atoms with van der Waals surface area (Å²) in [7, 11) is 1.36. The highest BCUT2D eigenvalue weighted by Gasteiger charge is 2.23. The molecule has 1 aromatic heterocycles. The predicted molar refractivity (Wildman–Crippen MR) is 78.5 cm³/mol. The van der Waals surface area contributed by atoms with Gasteiger partial charge in [-0.25, -0.2) is 9.78 Å². The Bertz CT molecular complexity index is 657. The largest absolute Gasteiger partial charge is 0.493 e. The molecule has 0 saturated carbocycles. The number of carbonyl (C=O) groups excluding carboxylic acids is 1. The van der Waals surface area contributed by atoms with E-state index in [0.717, 1.165) is 17.7 Å². The van der Waals surface area contributed by atoms with Crippen molar-refractivity contribution in [2.45, 2.75) is 12.5 Å². The van der Waals surface area contributed by atoms with Gasteiger partial charge in [0.15, 0.2) is 0 Å². The molecule has 0 saturated heterocycles. The highest BCUT2D eigenvalue weighted by Crippen LogP contribution is 2.34. The molecule has 0 fully saturated rings. The molecule has 0 radical (unpaired) electrons. The van der Waals surface area contributed by atoms with E-state index in [-0.39, 0.29) is 6.04 Å². The lowest BCUT2D eigenvalue weighted by atomic mass is 10.0. The second-order valence-electron chi connectivity index (χ2n) is 4.76. The molecule has 0 aliphatic carbocycles. The van der Waals surface area contributed by atoms with E-state index in [2.05, 4.69) is 10.3 Å². The zero-order valence-electron chi connectivity index (χ0n) is 11.7. The highest BCUT2D eigenvalue weighted by molar-refractivity contribution is 5.94. The van der Waals surface area contributed by atoms with Gasteiger partial charge in [-0.15, -0.1) is 0 Å². The minimum Gasteiger partial charge on any atom is -0.493 e. The van der Waals surface area contributed by atoms with Crippen molar-refractivity contribution in [2.24, 2.45) is 0 Å². The number of nitrogens with one attached hydrogen (secondary N) is 1. The summed E-state index contributed by atoms with van der Waals surface area (Å²) in [6.07, 6.45) is 2.47. The average Bonchev–Trinajstić information content (AvgIpc) is 2.55. The van der Waals surface area contributed by atoms with Crippen molar-refractivity contribution in [1.29, 1.82) is 0 Å². The molecule has 0 bridgehead atoms. The van der Waals surface area contributed by atoms with Crippen molar-refractivity contribution in [3.63, 3.8) is 0 Å².